The van der Waals surface area contributed by atoms with Gasteiger partial charge in [0.15, 0.2) is 11.3 Å². The van der Waals surface area contributed by atoms with Crippen LogP contribution in [0.1, 0.15) is 68.8 Å². The Morgan fingerprint density at radius 1 is 1.05 bits per heavy atom. The summed E-state index contributed by atoms with van der Waals surface area (Å²) in [6, 6.07) is 3.63. The summed E-state index contributed by atoms with van der Waals surface area (Å²) in [5.41, 5.74) is 0.886. The molecule has 0 unspecified atom stereocenters. The second-order valence-corrected chi connectivity index (χ2v) is 11.0. The summed E-state index contributed by atoms with van der Waals surface area (Å²) in [5, 5.41) is 8.23. The maximum absolute atomic E-state index is 13.0. The Morgan fingerprint density at radius 3 is 2.29 bits per heavy atom. The number of aromatic nitrogens is 3. The highest BCUT2D eigenvalue weighted by atomic mass is 16.2. The highest BCUT2D eigenvalue weighted by Gasteiger charge is 2.25. The SMILES string of the molecule is CC1CC1.CN(C(=O)CCC=O)c1ccc2c(C(=O)NC3CCN(CCN4CCCC4)CC3)nn(C)c2n1. The largest absolute Gasteiger partial charge is 0.348 e. The molecule has 10 nitrogen and oxygen atoms in total. The van der Waals surface area contributed by atoms with Crippen molar-refractivity contribution in [3.8, 4) is 0 Å². The number of aryl methyl sites for hydroxylation is 1. The van der Waals surface area contributed by atoms with Gasteiger partial charge in [-0.3, -0.25) is 14.5 Å². The molecule has 2 amide bonds. The third-order valence-corrected chi connectivity index (χ3v) is 7.80. The van der Waals surface area contributed by atoms with Crippen LogP contribution in [0.3, 0.4) is 0 Å². The maximum Gasteiger partial charge on any atom is 0.272 e. The fraction of sp³-hybridized carbons (Fsp3) is 0.679. The molecule has 3 aliphatic rings. The molecule has 0 radical (unpaired) electrons. The summed E-state index contributed by atoms with van der Waals surface area (Å²) in [6.07, 6.45) is 8.54. The molecule has 208 valence electrons. The maximum atomic E-state index is 13.0. The van der Waals surface area contributed by atoms with E-state index in [0.29, 0.717) is 22.5 Å². The molecule has 2 aliphatic heterocycles. The summed E-state index contributed by atoms with van der Waals surface area (Å²) in [4.78, 5) is 46.8. The quantitative estimate of drug-likeness (QED) is 0.502. The van der Waals surface area contributed by atoms with Gasteiger partial charge < -0.3 is 19.9 Å². The Balaban J connectivity index is 0.000000768. The van der Waals surface area contributed by atoms with Gasteiger partial charge in [-0.1, -0.05) is 19.8 Å². The van der Waals surface area contributed by atoms with Crippen LogP contribution in [-0.2, 0) is 16.6 Å². The molecule has 38 heavy (non-hydrogen) atoms. The number of aldehydes is 1. The third kappa shape index (κ3) is 7.60. The molecule has 5 rings (SSSR count). The van der Waals surface area contributed by atoms with E-state index in [4.69, 9.17) is 0 Å². The van der Waals surface area contributed by atoms with Crippen LogP contribution in [0.15, 0.2) is 12.1 Å². The van der Waals surface area contributed by atoms with E-state index in [1.807, 2.05) is 0 Å². The van der Waals surface area contributed by atoms with Gasteiger partial charge >= 0.3 is 0 Å². The summed E-state index contributed by atoms with van der Waals surface area (Å²) in [5.74, 6) is 1.16. The number of nitrogens with one attached hydrogen (secondary N) is 1. The molecule has 0 spiro atoms. The summed E-state index contributed by atoms with van der Waals surface area (Å²) in [6.45, 7) is 8.98. The molecule has 3 fully saturated rings. The minimum atomic E-state index is -0.189. The van der Waals surface area contributed by atoms with Gasteiger partial charge in [-0.2, -0.15) is 5.10 Å². The highest BCUT2D eigenvalue weighted by molar-refractivity contribution is 6.04. The van der Waals surface area contributed by atoms with Gasteiger partial charge in [0.25, 0.3) is 5.91 Å². The molecule has 2 aromatic rings. The molecule has 1 aliphatic carbocycles. The van der Waals surface area contributed by atoms with E-state index in [9.17, 15) is 14.4 Å². The summed E-state index contributed by atoms with van der Waals surface area (Å²) < 4.78 is 1.57. The van der Waals surface area contributed by atoms with E-state index in [1.54, 1.807) is 30.9 Å². The van der Waals surface area contributed by atoms with Crippen molar-refractivity contribution in [3.63, 3.8) is 0 Å². The zero-order chi connectivity index (χ0) is 27.1. The second-order valence-electron chi connectivity index (χ2n) is 11.0. The van der Waals surface area contributed by atoms with Gasteiger partial charge in [-0.05, 0) is 56.8 Å². The average molecular weight is 526 g/mol. The Hall–Kier alpha value is -2.85. The van der Waals surface area contributed by atoms with Crippen molar-refractivity contribution in [1.29, 1.82) is 0 Å². The van der Waals surface area contributed by atoms with Crippen LogP contribution in [0.5, 0.6) is 0 Å². The van der Waals surface area contributed by atoms with Gasteiger partial charge in [-0.15, -0.1) is 0 Å². The normalized spacial score (nSPS) is 18.7. The van der Waals surface area contributed by atoms with Crippen molar-refractivity contribution in [1.82, 2.24) is 29.9 Å². The number of piperidine rings is 1. The van der Waals surface area contributed by atoms with Crippen molar-refractivity contribution in [2.24, 2.45) is 13.0 Å². The number of hydrogen-bond acceptors (Lipinski definition) is 7. The number of nitrogens with zero attached hydrogens (tertiary/aromatic N) is 6. The van der Waals surface area contributed by atoms with E-state index in [0.717, 1.165) is 51.2 Å². The Labute approximate surface area is 225 Å². The predicted octanol–water partition coefficient (Wildman–Crippen LogP) is 2.62. The van der Waals surface area contributed by atoms with Crippen molar-refractivity contribution in [3.05, 3.63) is 17.8 Å². The summed E-state index contributed by atoms with van der Waals surface area (Å²) in [7, 11) is 3.37. The predicted molar refractivity (Wildman–Crippen MR) is 148 cm³/mol. The van der Waals surface area contributed by atoms with Crippen molar-refractivity contribution < 1.29 is 14.4 Å². The molecule has 10 heteroatoms. The lowest BCUT2D eigenvalue weighted by Gasteiger charge is -2.33. The number of fused-ring (bicyclic) bond motifs is 1. The molecule has 0 atom stereocenters. The fourth-order valence-corrected chi connectivity index (χ4v) is 4.96. The van der Waals surface area contributed by atoms with Crippen LogP contribution in [-0.4, -0.2) is 95.0 Å². The standard InChI is InChI=1S/C24H35N7O3.C4H8/c1-28(21(33)6-5-17-32)20-8-7-19-22(27-29(2)23(19)26-20)24(34)25-18-9-13-31(14-10-18)16-15-30-11-3-4-12-30;1-4-2-3-4/h7-8,17-18H,3-6,9-16H2,1-2H3,(H,25,34);4H,2-3H2,1H3. The fourth-order valence-electron chi connectivity index (χ4n) is 4.96. The molecule has 0 bridgehead atoms. The molecule has 4 heterocycles. The summed E-state index contributed by atoms with van der Waals surface area (Å²) >= 11 is 0. The molecular formula is C28H43N7O3. The molecule has 2 saturated heterocycles. The lowest BCUT2D eigenvalue weighted by Crippen LogP contribution is -2.46. The van der Waals surface area contributed by atoms with Crippen LogP contribution in [0.2, 0.25) is 0 Å². The Morgan fingerprint density at radius 2 is 1.68 bits per heavy atom. The monoisotopic (exact) mass is 525 g/mol. The number of carbonyl (C=O) groups is 3. The second kappa shape index (κ2) is 13.3. The number of rotatable bonds is 9. The Bertz CT molecular complexity index is 1100. The number of pyridine rings is 1. The van der Waals surface area contributed by atoms with Crippen LogP contribution in [0, 0.1) is 5.92 Å². The van der Waals surface area contributed by atoms with Crippen molar-refractivity contribution in [2.75, 3.05) is 51.2 Å². The lowest BCUT2D eigenvalue weighted by atomic mass is 10.0. The minimum absolute atomic E-state index is 0.135. The molecule has 1 N–H and O–H groups in total. The van der Waals surface area contributed by atoms with E-state index in [1.165, 1.54) is 43.7 Å². The van der Waals surface area contributed by atoms with Crippen LogP contribution in [0.25, 0.3) is 11.0 Å². The van der Waals surface area contributed by atoms with Gasteiger partial charge in [0.2, 0.25) is 5.91 Å². The zero-order valence-corrected chi connectivity index (χ0v) is 23.2. The first-order valence-corrected chi connectivity index (χ1v) is 14.1. The number of anilines is 1. The molecule has 0 aromatic carbocycles. The number of likely N-dealkylation sites (tertiary alicyclic amines) is 2. The number of carbonyl (C=O) groups excluding carboxylic acids is 3. The Kier molecular flexibility index (Phi) is 9.85. The highest BCUT2D eigenvalue weighted by Crippen LogP contribution is 2.26. The smallest absolute Gasteiger partial charge is 0.272 e. The van der Waals surface area contributed by atoms with Gasteiger partial charge in [0, 0.05) is 59.2 Å². The van der Waals surface area contributed by atoms with Gasteiger partial charge in [0.05, 0.1) is 5.39 Å². The first-order chi connectivity index (χ1) is 18.4. The topological polar surface area (TPSA) is 104 Å². The van der Waals surface area contributed by atoms with Crippen LogP contribution in [0.4, 0.5) is 5.82 Å². The zero-order valence-electron chi connectivity index (χ0n) is 23.2. The first kappa shape index (κ1) is 28.2. The van der Waals surface area contributed by atoms with Crippen molar-refractivity contribution in [2.45, 2.75) is 64.3 Å². The number of amides is 2. The molecule has 2 aromatic heterocycles. The third-order valence-electron chi connectivity index (χ3n) is 7.80. The van der Waals surface area contributed by atoms with Crippen molar-refractivity contribution >= 4 is 35.0 Å². The van der Waals surface area contributed by atoms with Crippen LogP contribution >= 0.6 is 0 Å². The first-order valence-electron chi connectivity index (χ1n) is 14.1. The molecular weight excluding hydrogens is 482 g/mol. The van der Waals surface area contributed by atoms with Crippen LogP contribution < -0.4 is 10.2 Å². The lowest BCUT2D eigenvalue weighted by molar-refractivity contribution is -0.120. The van der Waals surface area contributed by atoms with E-state index >= 15 is 0 Å². The van der Waals surface area contributed by atoms with E-state index < -0.39 is 0 Å². The van der Waals surface area contributed by atoms with Gasteiger partial charge in [-0.25, -0.2) is 9.67 Å². The van der Waals surface area contributed by atoms with E-state index in [-0.39, 0.29) is 30.7 Å². The average Bonchev–Trinajstić information content (AvgIpc) is 3.39. The van der Waals surface area contributed by atoms with E-state index in [2.05, 4.69) is 32.1 Å². The van der Waals surface area contributed by atoms with Gasteiger partial charge in [0.1, 0.15) is 12.1 Å². The molecule has 1 saturated carbocycles. The number of hydrogen-bond donors (Lipinski definition) is 1. The minimum Gasteiger partial charge on any atom is -0.348 e.